The summed E-state index contributed by atoms with van der Waals surface area (Å²) in [4.78, 5) is 15.4. The predicted molar refractivity (Wildman–Crippen MR) is 66.2 cm³/mol. The maximum Gasteiger partial charge on any atom is 0.256 e. The van der Waals surface area contributed by atoms with Crippen molar-refractivity contribution < 1.29 is 13.6 Å². The largest absolute Gasteiger partial charge is 0.319 e. The molecule has 0 atom stereocenters. The number of amides is 1. The van der Waals surface area contributed by atoms with Crippen LogP contribution in [0.4, 0.5) is 14.5 Å². The van der Waals surface area contributed by atoms with E-state index in [0.717, 1.165) is 6.20 Å². The van der Waals surface area contributed by atoms with Gasteiger partial charge in [-0.15, -0.1) is 0 Å². The fourth-order valence-corrected chi connectivity index (χ4v) is 1.79. The summed E-state index contributed by atoms with van der Waals surface area (Å²) >= 11 is 2.97. The van der Waals surface area contributed by atoms with Crippen LogP contribution in [0.2, 0.25) is 0 Å². The normalized spacial score (nSPS) is 10.2. The lowest BCUT2D eigenvalue weighted by Gasteiger charge is -2.07. The van der Waals surface area contributed by atoms with Crippen LogP contribution in [0.25, 0.3) is 0 Å². The van der Waals surface area contributed by atoms with Crippen LogP contribution in [-0.2, 0) is 0 Å². The van der Waals surface area contributed by atoms with E-state index in [-0.39, 0.29) is 15.7 Å². The molecule has 1 aromatic heterocycles. The zero-order chi connectivity index (χ0) is 13.1. The van der Waals surface area contributed by atoms with E-state index in [0.29, 0.717) is 0 Å². The molecule has 0 aliphatic rings. The van der Waals surface area contributed by atoms with Crippen molar-refractivity contribution in [2.45, 2.75) is 0 Å². The summed E-state index contributed by atoms with van der Waals surface area (Å²) in [5.41, 5.74) is 0.0809. The standard InChI is InChI=1S/C12H7BrF2N2O/c13-11-7(2-1-3-8(11)14)12(18)17-10-4-5-16-6-9(10)15/h1-6H,(H,16,17,18). The molecule has 0 saturated carbocycles. The summed E-state index contributed by atoms with van der Waals surface area (Å²) in [5, 5.41) is 2.34. The van der Waals surface area contributed by atoms with Gasteiger partial charge in [0, 0.05) is 6.20 Å². The Morgan fingerprint density at radius 1 is 1.22 bits per heavy atom. The third-order valence-electron chi connectivity index (χ3n) is 2.22. The lowest BCUT2D eigenvalue weighted by molar-refractivity contribution is 0.102. The van der Waals surface area contributed by atoms with Crippen molar-refractivity contribution in [3.8, 4) is 0 Å². The molecule has 1 amide bonds. The second-order valence-corrected chi connectivity index (χ2v) is 4.20. The van der Waals surface area contributed by atoms with E-state index < -0.39 is 17.5 Å². The Morgan fingerprint density at radius 2 is 2.00 bits per heavy atom. The minimum atomic E-state index is -0.654. The zero-order valence-electron chi connectivity index (χ0n) is 8.95. The Bertz CT molecular complexity index is 604. The molecule has 0 radical (unpaired) electrons. The number of carbonyl (C=O) groups excluding carboxylic acids is 1. The van der Waals surface area contributed by atoms with Gasteiger partial charge in [0.25, 0.3) is 5.91 Å². The van der Waals surface area contributed by atoms with E-state index in [1.165, 1.54) is 30.5 Å². The van der Waals surface area contributed by atoms with Crippen LogP contribution < -0.4 is 5.32 Å². The Balaban J connectivity index is 2.28. The molecule has 2 rings (SSSR count). The third kappa shape index (κ3) is 2.53. The minimum Gasteiger partial charge on any atom is -0.319 e. The molecule has 6 heteroatoms. The first-order valence-electron chi connectivity index (χ1n) is 4.94. The summed E-state index contributed by atoms with van der Waals surface area (Å²) in [6, 6.07) is 5.37. The van der Waals surface area contributed by atoms with Crippen LogP contribution in [0, 0.1) is 11.6 Å². The Morgan fingerprint density at radius 3 is 2.72 bits per heavy atom. The first-order chi connectivity index (χ1) is 8.59. The molecule has 0 saturated heterocycles. The van der Waals surface area contributed by atoms with Gasteiger partial charge in [-0.3, -0.25) is 9.78 Å². The number of nitrogens with one attached hydrogen (secondary N) is 1. The van der Waals surface area contributed by atoms with Gasteiger partial charge >= 0.3 is 0 Å². The average Bonchev–Trinajstić information content (AvgIpc) is 2.35. The van der Waals surface area contributed by atoms with E-state index in [2.05, 4.69) is 26.2 Å². The van der Waals surface area contributed by atoms with Gasteiger partial charge in [-0.25, -0.2) is 8.78 Å². The summed E-state index contributed by atoms with van der Waals surface area (Å²) in [6.07, 6.45) is 2.33. The Hall–Kier alpha value is -1.82. The number of hydrogen-bond donors (Lipinski definition) is 1. The van der Waals surface area contributed by atoms with Crippen molar-refractivity contribution in [2.75, 3.05) is 5.32 Å². The number of carbonyl (C=O) groups is 1. The van der Waals surface area contributed by atoms with Crippen molar-refractivity contribution in [3.05, 3.63) is 58.3 Å². The van der Waals surface area contributed by atoms with Gasteiger partial charge in [0.1, 0.15) is 5.82 Å². The molecule has 0 unspecified atom stereocenters. The quantitative estimate of drug-likeness (QED) is 0.923. The van der Waals surface area contributed by atoms with Crippen LogP contribution in [0.1, 0.15) is 10.4 Å². The highest BCUT2D eigenvalue weighted by Gasteiger charge is 2.14. The van der Waals surface area contributed by atoms with Crippen LogP contribution in [0.15, 0.2) is 41.1 Å². The highest BCUT2D eigenvalue weighted by Crippen LogP contribution is 2.22. The molecule has 1 aromatic carbocycles. The summed E-state index contributed by atoms with van der Waals surface area (Å²) in [5.74, 6) is -1.82. The van der Waals surface area contributed by atoms with E-state index >= 15 is 0 Å². The lowest BCUT2D eigenvalue weighted by Crippen LogP contribution is -2.14. The summed E-state index contributed by atoms with van der Waals surface area (Å²) in [6.45, 7) is 0. The van der Waals surface area contributed by atoms with Gasteiger partial charge in [0.2, 0.25) is 0 Å². The van der Waals surface area contributed by atoms with Crippen LogP contribution in [0.5, 0.6) is 0 Å². The number of aromatic nitrogens is 1. The third-order valence-corrected chi connectivity index (χ3v) is 3.02. The van der Waals surface area contributed by atoms with Crippen molar-refractivity contribution in [2.24, 2.45) is 0 Å². The van der Waals surface area contributed by atoms with Crippen LogP contribution in [0.3, 0.4) is 0 Å². The van der Waals surface area contributed by atoms with E-state index in [4.69, 9.17) is 0 Å². The molecule has 0 bridgehead atoms. The second-order valence-electron chi connectivity index (χ2n) is 3.41. The number of hydrogen-bond acceptors (Lipinski definition) is 2. The van der Waals surface area contributed by atoms with Gasteiger partial charge < -0.3 is 5.32 Å². The highest BCUT2D eigenvalue weighted by molar-refractivity contribution is 9.10. The summed E-state index contributed by atoms with van der Waals surface area (Å²) in [7, 11) is 0. The molecule has 0 fully saturated rings. The zero-order valence-corrected chi connectivity index (χ0v) is 10.5. The molecular weight excluding hydrogens is 306 g/mol. The number of halogens is 3. The van der Waals surface area contributed by atoms with Crippen molar-refractivity contribution >= 4 is 27.5 Å². The number of pyridine rings is 1. The monoisotopic (exact) mass is 312 g/mol. The van der Waals surface area contributed by atoms with Crippen LogP contribution in [-0.4, -0.2) is 10.9 Å². The van der Waals surface area contributed by atoms with Crippen molar-refractivity contribution in [1.29, 1.82) is 0 Å². The average molecular weight is 313 g/mol. The maximum absolute atomic E-state index is 13.3. The molecule has 92 valence electrons. The number of anilines is 1. The number of nitrogens with zero attached hydrogens (tertiary/aromatic N) is 1. The molecule has 1 N–H and O–H groups in total. The molecule has 1 heterocycles. The van der Waals surface area contributed by atoms with Gasteiger partial charge in [-0.1, -0.05) is 6.07 Å². The van der Waals surface area contributed by atoms with E-state index in [1.54, 1.807) is 0 Å². The molecule has 2 aromatic rings. The smallest absolute Gasteiger partial charge is 0.256 e. The fourth-order valence-electron chi connectivity index (χ4n) is 1.35. The molecule has 3 nitrogen and oxygen atoms in total. The molecular formula is C12H7BrF2N2O. The van der Waals surface area contributed by atoms with Gasteiger partial charge in [-0.05, 0) is 34.1 Å². The van der Waals surface area contributed by atoms with Crippen molar-refractivity contribution in [3.63, 3.8) is 0 Å². The van der Waals surface area contributed by atoms with Crippen molar-refractivity contribution in [1.82, 2.24) is 4.98 Å². The van der Waals surface area contributed by atoms with E-state index in [1.807, 2.05) is 0 Å². The van der Waals surface area contributed by atoms with Gasteiger partial charge in [0.05, 0.1) is 21.9 Å². The first-order valence-corrected chi connectivity index (χ1v) is 5.74. The SMILES string of the molecule is O=C(Nc1ccncc1F)c1cccc(F)c1Br. The topological polar surface area (TPSA) is 42.0 Å². The molecule has 0 aliphatic heterocycles. The van der Waals surface area contributed by atoms with Gasteiger partial charge in [0.15, 0.2) is 5.82 Å². The Kier molecular flexibility index (Phi) is 3.66. The molecule has 0 aliphatic carbocycles. The van der Waals surface area contributed by atoms with Gasteiger partial charge in [-0.2, -0.15) is 0 Å². The molecule has 0 spiro atoms. The fraction of sp³-hybridized carbons (Fsp3) is 0. The number of benzene rings is 1. The van der Waals surface area contributed by atoms with E-state index in [9.17, 15) is 13.6 Å². The second kappa shape index (κ2) is 5.22. The summed E-state index contributed by atoms with van der Waals surface area (Å²) < 4.78 is 26.6. The first kappa shape index (κ1) is 12.6. The number of rotatable bonds is 2. The van der Waals surface area contributed by atoms with Crippen LogP contribution >= 0.6 is 15.9 Å². The predicted octanol–water partition coefficient (Wildman–Crippen LogP) is 3.37. The molecule has 18 heavy (non-hydrogen) atoms. The minimum absolute atomic E-state index is 0.00818. The highest BCUT2D eigenvalue weighted by atomic mass is 79.9. The Labute approximate surface area is 110 Å². The maximum atomic E-state index is 13.3. The lowest BCUT2D eigenvalue weighted by atomic mass is 10.2.